The minimum absolute atomic E-state index is 0.206. The first kappa shape index (κ1) is 9.30. The van der Waals surface area contributed by atoms with Crippen molar-refractivity contribution in [1.29, 1.82) is 0 Å². The third kappa shape index (κ3) is 1.87. The molecule has 1 saturated carbocycles. The first-order valence-corrected chi connectivity index (χ1v) is 4.34. The molecule has 68 valence electrons. The normalized spacial score (nSPS) is 27.0. The molecule has 2 nitrogen and oxygen atoms in total. The molecule has 0 radical (unpaired) electrons. The van der Waals surface area contributed by atoms with Crippen molar-refractivity contribution >= 4 is 5.97 Å². The Balaban J connectivity index is 2.59. The van der Waals surface area contributed by atoms with E-state index in [0.29, 0.717) is 11.0 Å². The van der Waals surface area contributed by atoms with E-state index in [0.717, 1.165) is 19.3 Å². The van der Waals surface area contributed by atoms with Crippen molar-refractivity contribution in [2.45, 2.75) is 33.1 Å². The van der Waals surface area contributed by atoms with Gasteiger partial charge in [-0.3, -0.25) is 0 Å². The Labute approximate surface area is 73.3 Å². The van der Waals surface area contributed by atoms with Crippen LogP contribution in [0, 0.1) is 11.3 Å². The Morgan fingerprint density at radius 2 is 2.17 bits per heavy atom. The monoisotopic (exact) mass is 168 g/mol. The van der Waals surface area contributed by atoms with E-state index in [1.54, 1.807) is 0 Å². The number of hydrogen-bond acceptors (Lipinski definition) is 1. The fourth-order valence-corrected chi connectivity index (χ4v) is 1.91. The number of aliphatic carboxylic acids is 1. The van der Waals surface area contributed by atoms with Crippen molar-refractivity contribution < 1.29 is 9.90 Å². The van der Waals surface area contributed by atoms with Crippen LogP contribution in [0.4, 0.5) is 0 Å². The van der Waals surface area contributed by atoms with Gasteiger partial charge in [-0.2, -0.15) is 0 Å². The van der Waals surface area contributed by atoms with Crippen molar-refractivity contribution in [1.82, 2.24) is 0 Å². The van der Waals surface area contributed by atoms with Crippen LogP contribution < -0.4 is 0 Å². The number of carbonyl (C=O) groups is 1. The summed E-state index contributed by atoms with van der Waals surface area (Å²) in [5, 5.41) is 8.71. The second-order valence-electron chi connectivity index (χ2n) is 4.43. The smallest absolute Gasteiger partial charge is 0.331 e. The highest BCUT2D eigenvalue weighted by Gasteiger charge is 2.33. The van der Waals surface area contributed by atoms with E-state index in [1.807, 2.05) is 0 Å². The van der Waals surface area contributed by atoms with Crippen LogP contribution in [0.5, 0.6) is 0 Å². The van der Waals surface area contributed by atoms with Crippen molar-refractivity contribution in [3.8, 4) is 0 Å². The quantitative estimate of drug-likeness (QED) is 0.643. The minimum Gasteiger partial charge on any atom is -0.478 e. The zero-order valence-electron chi connectivity index (χ0n) is 7.76. The zero-order valence-corrected chi connectivity index (χ0v) is 7.76. The molecule has 0 aromatic rings. The third-order valence-corrected chi connectivity index (χ3v) is 2.74. The summed E-state index contributed by atoms with van der Waals surface area (Å²) in [5.41, 5.74) is 0.698. The number of rotatable bonds is 2. The molecule has 1 fully saturated rings. The highest BCUT2D eigenvalue weighted by Crippen LogP contribution is 2.43. The second kappa shape index (κ2) is 2.92. The van der Waals surface area contributed by atoms with Crippen LogP contribution in [0.3, 0.4) is 0 Å². The summed E-state index contributed by atoms with van der Waals surface area (Å²) in [4.78, 5) is 10.6. The molecule has 1 rings (SSSR count). The topological polar surface area (TPSA) is 37.3 Å². The molecule has 12 heavy (non-hydrogen) atoms. The molecule has 2 heteroatoms. The first-order valence-electron chi connectivity index (χ1n) is 4.34. The Bertz CT molecular complexity index is 216. The summed E-state index contributed by atoms with van der Waals surface area (Å²) in [6.07, 6.45) is 3.07. The molecule has 0 amide bonds. The summed E-state index contributed by atoms with van der Waals surface area (Å²) in [6, 6.07) is 0. The molecule has 0 spiro atoms. The maximum Gasteiger partial charge on any atom is 0.331 e. The van der Waals surface area contributed by atoms with Crippen LogP contribution >= 0.6 is 0 Å². The lowest BCUT2D eigenvalue weighted by atomic mass is 9.89. The fraction of sp³-hybridized carbons (Fsp3) is 0.700. The summed E-state index contributed by atoms with van der Waals surface area (Å²) in [6.45, 7) is 7.97. The van der Waals surface area contributed by atoms with Gasteiger partial charge in [-0.15, -0.1) is 0 Å². The van der Waals surface area contributed by atoms with Gasteiger partial charge in [0.25, 0.3) is 0 Å². The lowest BCUT2D eigenvalue weighted by Crippen LogP contribution is -2.11. The van der Waals surface area contributed by atoms with Crippen molar-refractivity contribution in [3.63, 3.8) is 0 Å². The third-order valence-electron chi connectivity index (χ3n) is 2.74. The Hall–Kier alpha value is -0.790. The van der Waals surface area contributed by atoms with Crippen LogP contribution in [0.1, 0.15) is 33.1 Å². The molecule has 0 bridgehead atoms. The maximum atomic E-state index is 10.6. The lowest BCUT2D eigenvalue weighted by molar-refractivity contribution is -0.133. The highest BCUT2D eigenvalue weighted by atomic mass is 16.4. The predicted molar refractivity (Wildman–Crippen MR) is 47.9 cm³/mol. The molecule has 1 unspecified atom stereocenters. The molecule has 0 heterocycles. The Morgan fingerprint density at radius 3 is 2.50 bits per heavy atom. The summed E-state index contributed by atoms with van der Waals surface area (Å²) < 4.78 is 0. The van der Waals surface area contributed by atoms with Crippen molar-refractivity contribution in [2.75, 3.05) is 0 Å². The average Bonchev–Trinajstić information content (AvgIpc) is 2.28. The first-order chi connectivity index (χ1) is 5.42. The SMILES string of the molecule is C=C(C(=O)O)C1CCC(C)(C)C1. The van der Waals surface area contributed by atoms with Gasteiger partial charge in [0.1, 0.15) is 0 Å². The molecular weight excluding hydrogens is 152 g/mol. The highest BCUT2D eigenvalue weighted by molar-refractivity contribution is 5.86. The van der Waals surface area contributed by atoms with Gasteiger partial charge in [0, 0.05) is 5.57 Å². The molecule has 1 atom stereocenters. The summed E-state index contributed by atoms with van der Waals surface area (Å²) in [5.74, 6) is -0.629. The summed E-state index contributed by atoms with van der Waals surface area (Å²) in [7, 11) is 0. The van der Waals surface area contributed by atoms with Crippen molar-refractivity contribution in [2.24, 2.45) is 11.3 Å². The molecule has 1 aliphatic carbocycles. The van der Waals surface area contributed by atoms with Gasteiger partial charge in [-0.1, -0.05) is 20.4 Å². The van der Waals surface area contributed by atoms with Crippen LogP contribution in [0.25, 0.3) is 0 Å². The van der Waals surface area contributed by atoms with E-state index < -0.39 is 5.97 Å². The van der Waals surface area contributed by atoms with E-state index in [-0.39, 0.29) is 5.92 Å². The van der Waals surface area contributed by atoms with E-state index in [2.05, 4.69) is 20.4 Å². The van der Waals surface area contributed by atoms with E-state index in [1.165, 1.54) is 0 Å². The molecule has 0 saturated heterocycles. The average molecular weight is 168 g/mol. The molecule has 1 aliphatic rings. The second-order valence-corrected chi connectivity index (χ2v) is 4.43. The van der Waals surface area contributed by atoms with E-state index in [4.69, 9.17) is 5.11 Å². The van der Waals surface area contributed by atoms with Gasteiger partial charge < -0.3 is 5.11 Å². The zero-order chi connectivity index (χ0) is 9.35. The van der Waals surface area contributed by atoms with Crippen LogP contribution in [0.15, 0.2) is 12.2 Å². The van der Waals surface area contributed by atoms with Crippen LogP contribution in [0.2, 0.25) is 0 Å². The minimum atomic E-state index is -0.835. The van der Waals surface area contributed by atoms with Gasteiger partial charge in [0.2, 0.25) is 0 Å². The van der Waals surface area contributed by atoms with Gasteiger partial charge in [0.15, 0.2) is 0 Å². The van der Waals surface area contributed by atoms with Crippen LogP contribution in [-0.2, 0) is 4.79 Å². The molecule has 0 aromatic carbocycles. The maximum absolute atomic E-state index is 10.6. The van der Waals surface area contributed by atoms with E-state index >= 15 is 0 Å². The molecule has 0 aliphatic heterocycles. The van der Waals surface area contributed by atoms with Crippen molar-refractivity contribution in [3.05, 3.63) is 12.2 Å². The molecular formula is C10H16O2. The Kier molecular flexibility index (Phi) is 2.27. The Morgan fingerprint density at radius 1 is 1.58 bits per heavy atom. The fourth-order valence-electron chi connectivity index (χ4n) is 1.91. The standard InChI is InChI=1S/C10H16O2/c1-7(9(11)12)8-4-5-10(2,3)6-8/h8H,1,4-6H2,2-3H3,(H,11,12). The molecule has 0 aromatic heterocycles. The van der Waals surface area contributed by atoms with Gasteiger partial charge >= 0.3 is 5.97 Å². The van der Waals surface area contributed by atoms with Gasteiger partial charge in [0.05, 0.1) is 0 Å². The lowest BCUT2D eigenvalue weighted by Gasteiger charge is -2.16. The van der Waals surface area contributed by atoms with Crippen LogP contribution in [-0.4, -0.2) is 11.1 Å². The van der Waals surface area contributed by atoms with E-state index in [9.17, 15) is 4.79 Å². The number of hydrogen-bond donors (Lipinski definition) is 1. The van der Waals surface area contributed by atoms with Gasteiger partial charge in [-0.05, 0) is 30.6 Å². The molecule has 1 N–H and O–H groups in total. The summed E-state index contributed by atoms with van der Waals surface area (Å²) >= 11 is 0. The largest absolute Gasteiger partial charge is 0.478 e. The van der Waals surface area contributed by atoms with Gasteiger partial charge in [-0.25, -0.2) is 4.79 Å². The number of carboxylic acid groups (broad SMARTS) is 1. The predicted octanol–water partition coefficient (Wildman–Crippen LogP) is 2.45. The number of carboxylic acids is 1.